The highest BCUT2D eigenvalue weighted by atomic mass is 16.5. The van der Waals surface area contributed by atoms with Gasteiger partial charge >= 0.3 is 6.09 Å². The fraction of sp³-hybridized carbons (Fsp3) is 0.481. The standard InChI is InChI=1S/C27H34N2O8/c1-17-26(31)25(19-6-8-20(35-3)9-7-19)23(14-29(17)27(32)33)36-15-18-5-10-22-21(13-18)28(11-4-12-34-2)24(30)16-37-22/h5-10,13,17,23,25-26,31H,4,11-12,14-16H2,1-3H3,(H,32,33)/t17?,23-,25-,26+/m0/s1. The first-order valence-electron chi connectivity index (χ1n) is 12.3. The van der Waals surface area contributed by atoms with E-state index in [1.807, 2.05) is 42.5 Å². The number of carbonyl (C=O) groups excluding carboxylic acids is 1. The number of hydrogen-bond acceptors (Lipinski definition) is 7. The highest BCUT2D eigenvalue weighted by Gasteiger charge is 2.44. The topological polar surface area (TPSA) is 118 Å². The maximum absolute atomic E-state index is 12.5. The molecule has 0 aliphatic carbocycles. The van der Waals surface area contributed by atoms with Crippen molar-refractivity contribution in [3.63, 3.8) is 0 Å². The van der Waals surface area contributed by atoms with Gasteiger partial charge < -0.3 is 39.0 Å². The molecular weight excluding hydrogens is 480 g/mol. The van der Waals surface area contributed by atoms with Gasteiger partial charge in [-0.05, 0) is 48.7 Å². The van der Waals surface area contributed by atoms with Crippen molar-refractivity contribution >= 4 is 17.7 Å². The minimum Gasteiger partial charge on any atom is -0.497 e. The largest absolute Gasteiger partial charge is 0.497 e. The number of piperidine rings is 1. The van der Waals surface area contributed by atoms with E-state index >= 15 is 0 Å². The van der Waals surface area contributed by atoms with E-state index in [-0.39, 0.29) is 25.7 Å². The fourth-order valence-electron chi connectivity index (χ4n) is 4.98. The number of hydrogen-bond donors (Lipinski definition) is 2. The zero-order chi connectivity index (χ0) is 26.5. The van der Waals surface area contributed by atoms with Gasteiger partial charge in [0, 0.05) is 26.2 Å². The summed E-state index contributed by atoms with van der Waals surface area (Å²) in [4.78, 5) is 27.3. The maximum Gasteiger partial charge on any atom is 0.407 e. The lowest BCUT2D eigenvalue weighted by molar-refractivity contribution is -0.121. The third-order valence-electron chi connectivity index (χ3n) is 7.04. The van der Waals surface area contributed by atoms with E-state index in [1.54, 1.807) is 26.0 Å². The molecule has 0 radical (unpaired) electrons. The van der Waals surface area contributed by atoms with Crippen LogP contribution in [0.4, 0.5) is 10.5 Å². The van der Waals surface area contributed by atoms with E-state index < -0.39 is 30.3 Å². The summed E-state index contributed by atoms with van der Waals surface area (Å²) in [5.74, 6) is 0.746. The normalized spacial score (nSPS) is 23.4. The number of nitrogens with zero attached hydrogens (tertiary/aromatic N) is 2. The molecule has 2 heterocycles. The van der Waals surface area contributed by atoms with Crippen LogP contribution in [-0.4, -0.2) is 85.9 Å². The second kappa shape index (κ2) is 11.8. The number of ether oxygens (including phenoxy) is 4. The minimum atomic E-state index is -1.11. The SMILES string of the molecule is COCCCN1C(=O)COc2ccc(CO[C@H]3CN(C(=O)O)C(C)[C@@H](O)[C@H]3c3ccc(OC)cc3)cc21. The van der Waals surface area contributed by atoms with Gasteiger partial charge in [0.2, 0.25) is 0 Å². The molecule has 2 aliphatic rings. The number of amides is 2. The summed E-state index contributed by atoms with van der Waals surface area (Å²) in [5, 5.41) is 20.9. The predicted molar refractivity (Wildman–Crippen MR) is 135 cm³/mol. The van der Waals surface area contributed by atoms with Gasteiger partial charge in [0.25, 0.3) is 5.91 Å². The molecular formula is C27H34N2O8. The number of carbonyl (C=O) groups is 2. The molecule has 10 heteroatoms. The molecule has 1 unspecified atom stereocenters. The Morgan fingerprint density at radius 3 is 2.59 bits per heavy atom. The smallest absolute Gasteiger partial charge is 0.407 e. The number of aliphatic hydroxyl groups is 1. The predicted octanol–water partition coefficient (Wildman–Crippen LogP) is 2.87. The average molecular weight is 515 g/mol. The first-order chi connectivity index (χ1) is 17.8. The molecule has 0 bridgehead atoms. The minimum absolute atomic E-state index is 0.0114. The Morgan fingerprint density at radius 2 is 1.92 bits per heavy atom. The van der Waals surface area contributed by atoms with E-state index in [4.69, 9.17) is 18.9 Å². The highest BCUT2D eigenvalue weighted by molar-refractivity contribution is 5.97. The number of anilines is 1. The molecule has 37 heavy (non-hydrogen) atoms. The number of fused-ring (bicyclic) bond motifs is 1. The van der Waals surface area contributed by atoms with Crippen molar-refractivity contribution in [1.82, 2.24) is 4.90 Å². The Labute approximate surface area is 216 Å². The quantitative estimate of drug-likeness (QED) is 0.491. The van der Waals surface area contributed by atoms with Crippen LogP contribution < -0.4 is 14.4 Å². The van der Waals surface area contributed by atoms with Crippen molar-refractivity contribution in [2.24, 2.45) is 0 Å². The molecule has 1 saturated heterocycles. The summed E-state index contributed by atoms with van der Waals surface area (Å²) < 4.78 is 22.3. The molecule has 0 spiro atoms. The van der Waals surface area contributed by atoms with E-state index in [9.17, 15) is 19.8 Å². The molecule has 0 aromatic heterocycles. The van der Waals surface area contributed by atoms with Crippen molar-refractivity contribution in [3.05, 3.63) is 53.6 Å². The lowest BCUT2D eigenvalue weighted by Crippen LogP contribution is -2.58. The van der Waals surface area contributed by atoms with Gasteiger partial charge in [-0.1, -0.05) is 18.2 Å². The summed E-state index contributed by atoms with van der Waals surface area (Å²) in [6.07, 6.45) is -1.98. The van der Waals surface area contributed by atoms with E-state index in [0.29, 0.717) is 36.8 Å². The summed E-state index contributed by atoms with van der Waals surface area (Å²) in [6, 6.07) is 12.3. The van der Waals surface area contributed by atoms with Crippen molar-refractivity contribution in [3.8, 4) is 11.5 Å². The van der Waals surface area contributed by atoms with Gasteiger partial charge in [0.15, 0.2) is 6.61 Å². The summed E-state index contributed by atoms with van der Waals surface area (Å²) in [7, 11) is 3.21. The molecule has 4 rings (SSSR count). The van der Waals surface area contributed by atoms with Crippen molar-refractivity contribution in [2.75, 3.05) is 45.4 Å². The Morgan fingerprint density at radius 1 is 1.16 bits per heavy atom. The molecule has 1 fully saturated rings. The van der Waals surface area contributed by atoms with Gasteiger partial charge in [-0.3, -0.25) is 4.79 Å². The lowest BCUT2D eigenvalue weighted by atomic mass is 9.81. The van der Waals surface area contributed by atoms with Crippen molar-refractivity contribution in [2.45, 2.75) is 44.1 Å². The van der Waals surface area contributed by atoms with Crippen LogP contribution in [0.1, 0.15) is 30.4 Å². The Bertz CT molecular complexity index is 1090. The lowest BCUT2D eigenvalue weighted by Gasteiger charge is -2.45. The van der Waals surface area contributed by atoms with Gasteiger partial charge in [0.1, 0.15) is 11.5 Å². The van der Waals surface area contributed by atoms with Crippen LogP contribution in [0.15, 0.2) is 42.5 Å². The Kier molecular flexibility index (Phi) is 8.52. The zero-order valence-corrected chi connectivity index (χ0v) is 21.3. The third-order valence-corrected chi connectivity index (χ3v) is 7.04. The van der Waals surface area contributed by atoms with Crippen molar-refractivity contribution < 1.29 is 38.7 Å². The molecule has 2 aromatic rings. The van der Waals surface area contributed by atoms with Crippen LogP contribution in [0.2, 0.25) is 0 Å². The van der Waals surface area contributed by atoms with Gasteiger partial charge in [-0.2, -0.15) is 0 Å². The number of methoxy groups -OCH3 is 2. The Balaban J connectivity index is 1.56. The van der Waals surface area contributed by atoms with Crippen molar-refractivity contribution in [1.29, 1.82) is 0 Å². The second-order valence-electron chi connectivity index (χ2n) is 9.30. The Hall–Kier alpha value is -3.34. The molecule has 0 saturated carbocycles. The van der Waals surface area contributed by atoms with Crippen LogP contribution in [0.25, 0.3) is 0 Å². The number of carboxylic acid groups (broad SMARTS) is 1. The number of benzene rings is 2. The molecule has 2 aliphatic heterocycles. The molecule has 2 N–H and O–H groups in total. The maximum atomic E-state index is 12.5. The molecule has 2 aromatic carbocycles. The summed E-state index contributed by atoms with van der Waals surface area (Å²) in [5.41, 5.74) is 2.31. The summed E-state index contributed by atoms with van der Waals surface area (Å²) >= 11 is 0. The molecule has 2 amide bonds. The fourth-order valence-corrected chi connectivity index (χ4v) is 4.98. The monoisotopic (exact) mass is 514 g/mol. The number of likely N-dealkylation sites (tertiary alicyclic amines) is 1. The van der Waals surface area contributed by atoms with E-state index in [0.717, 1.165) is 11.1 Å². The van der Waals surface area contributed by atoms with E-state index in [2.05, 4.69) is 0 Å². The van der Waals surface area contributed by atoms with Crippen LogP contribution in [-0.2, 0) is 20.9 Å². The second-order valence-corrected chi connectivity index (χ2v) is 9.30. The average Bonchev–Trinajstić information content (AvgIpc) is 2.90. The summed E-state index contributed by atoms with van der Waals surface area (Å²) in [6.45, 7) is 3.01. The molecule has 4 atom stereocenters. The van der Waals surface area contributed by atoms with Crippen LogP contribution >= 0.6 is 0 Å². The highest BCUT2D eigenvalue weighted by Crippen LogP contribution is 2.37. The van der Waals surface area contributed by atoms with Gasteiger partial charge in [0.05, 0.1) is 44.2 Å². The van der Waals surface area contributed by atoms with Gasteiger partial charge in [-0.15, -0.1) is 0 Å². The molecule has 200 valence electrons. The first-order valence-corrected chi connectivity index (χ1v) is 12.3. The first kappa shape index (κ1) is 26.7. The van der Waals surface area contributed by atoms with E-state index in [1.165, 1.54) is 4.90 Å². The zero-order valence-electron chi connectivity index (χ0n) is 21.3. The van der Waals surface area contributed by atoms with Crippen LogP contribution in [0.3, 0.4) is 0 Å². The van der Waals surface area contributed by atoms with Crippen LogP contribution in [0.5, 0.6) is 11.5 Å². The molecule has 10 nitrogen and oxygen atoms in total. The third kappa shape index (κ3) is 5.82. The number of rotatable bonds is 9. The number of aliphatic hydroxyl groups excluding tert-OH is 1. The van der Waals surface area contributed by atoms with Crippen LogP contribution in [0, 0.1) is 0 Å². The van der Waals surface area contributed by atoms with Gasteiger partial charge in [-0.25, -0.2) is 4.79 Å².